The average molecular weight is 594 g/mol. The summed E-state index contributed by atoms with van der Waals surface area (Å²) in [5.41, 5.74) is 6.58. The average Bonchev–Trinajstić information content (AvgIpc) is 3.34. The Bertz CT molecular complexity index is 1830. The first-order valence-corrected chi connectivity index (χ1v) is 15.5. The fourth-order valence-electron chi connectivity index (χ4n) is 5.54. The van der Waals surface area contributed by atoms with Gasteiger partial charge in [0.1, 0.15) is 16.2 Å². The Morgan fingerprint density at radius 3 is 2.51 bits per heavy atom. The molecule has 1 aliphatic rings. The number of hydrogen-bond acceptors (Lipinski definition) is 8. The maximum atomic E-state index is 14.1. The predicted molar refractivity (Wildman–Crippen MR) is 165 cm³/mol. The lowest BCUT2D eigenvalue weighted by Gasteiger charge is -2.36. The van der Waals surface area contributed by atoms with E-state index in [2.05, 4.69) is 20.8 Å². The summed E-state index contributed by atoms with van der Waals surface area (Å²) in [5.74, 6) is -0.327. The van der Waals surface area contributed by atoms with Crippen LogP contribution >= 0.6 is 23.1 Å². The number of nitrogens with two attached hydrogens (primary N) is 1. The molecular weight excluding hydrogens is 558 g/mol. The SMILES string of the molecule is CCC(C)(C)[C@H]1CCc2c(sc3nc(SCC(=O)c4c(N)n(C)c(=O)n(C)c4=O)n(Cc4ccccc4)c(=O)c23)C1. The van der Waals surface area contributed by atoms with Gasteiger partial charge in [-0.25, -0.2) is 9.78 Å². The monoisotopic (exact) mass is 593 g/mol. The molecule has 1 atom stereocenters. The van der Waals surface area contributed by atoms with E-state index in [1.807, 2.05) is 30.3 Å². The van der Waals surface area contributed by atoms with Crippen LogP contribution in [-0.2, 0) is 33.5 Å². The third-order valence-electron chi connectivity index (χ3n) is 8.65. The molecule has 3 aromatic heterocycles. The van der Waals surface area contributed by atoms with Crippen LogP contribution in [0, 0.1) is 11.3 Å². The molecule has 0 fully saturated rings. The quantitative estimate of drug-likeness (QED) is 0.186. The van der Waals surface area contributed by atoms with Crippen molar-refractivity contribution in [3.05, 3.63) is 83.1 Å². The van der Waals surface area contributed by atoms with E-state index < -0.39 is 17.0 Å². The largest absolute Gasteiger partial charge is 0.384 e. The van der Waals surface area contributed by atoms with E-state index in [-0.39, 0.29) is 28.1 Å². The number of aromatic nitrogens is 4. The number of benzene rings is 1. The van der Waals surface area contributed by atoms with Crippen molar-refractivity contribution in [1.29, 1.82) is 0 Å². The fourth-order valence-corrected chi connectivity index (χ4v) is 7.75. The number of thioether (sulfide) groups is 1. The van der Waals surface area contributed by atoms with Crippen LogP contribution < -0.4 is 22.5 Å². The van der Waals surface area contributed by atoms with E-state index in [0.29, 0.717) is 27.8 Å². The van der Waals surface area contributed by atoms with Gasteiger partial charge in [-0.3, -0.25) is 28.1 Å². The van der Waals surface area contributed by atoms with Crippen molar-refractivity contribution < 1.29 is 4.79 Å². The first-order chi connectivity index (χ1) is 19.4. The zero-order chi connectivity index (χ0) is 29.6. The normalized spacial score (nSPS) is 15.3. The van der Waals surface area contributed by atoms with Gasteiger partial charge < -0.3 is 5.73 Å². The molecule has 0 aliphatic heterocycles. The van der Waals surface area contributed by atoms with E-state index in [1.165, 1.54) is 19.0 Å². The van der Waals surface area contributed by atoms with E-state index in [0.717, 1.165) is 57.7 Å². The Balaban J connectivity index is 1.56. The smallest absolute Gasteiger partial charge is 0.332 e. The van der Waals surface area contributed by atoms with Crippen LogP contribution in [0.2, 0.25) is 0 Å². The van der Waals surface area contributed by atoms with Gasteiger partial charge in [0.05, 0.1) is 17.7 Å². The first-order valence-electron chi connectivity index (χ1n) is 13.7. The molecule has 41 heavy (non-hydrogen) atoms. The minimum absolute atomic E-state index is 0.114. The standard InChI is InChI=1S/C30H35N5O4S2/c1-6-30(2,3)18-12-13-19-21(14-18)41-25-22(19)27(38)35(15-17-10-8-7-9-11-17)28(32-25)40-16-20(36)23-24(31)33(4)29(39)34(5)26(23)37/h7-11,18H,6,12-16,31H2,1-5H3/t18-/m0/s1. The van der Waals surface area contributed by atoms with Crippen LogP contribution in [0.4, 0.5) is 5.82 Å². The molecule has 216 valence electrons. The highest BCUT2D eigenvalue weighted by Crippen LogP contribution is 2.44. The number of aryl methyl sites for hydroxylation is 1. The van der Waals surface area contributed by atoms with Crippen LogP contribution in [0.1, 0.15) is 60.0 Å². The number of thiophene rings is 1. The van der Waals surface area contributed by atoms with Crippen LogP contribution in [0.3, 0.4) is 0 Å². The van der Waals surface area contributed by atoms with Gasteiger partial charge in [-0.2, -0.15) is 0 Å². The third kappa shape index (κ3) is 5.21. The molecule has 1 aliphatic carbocycles. The second kappa shape index (κ2) is 11.1. The van der Waals surface area contributed by atoms with E-state index >= 15 is 0 Å². The highest BCUT2D eigenvalue weighted by Gasteiger charge is 2.34. The Morgan fingerprint density at radius 1 is 1.12 bits per heavy atom. The van der Waals surface area contributed by atoms with E-state index in [4.69, 9.17) is 10.7 Å². The molecule has 4 aromatic rings. The molecule has 11 heteroatoms. The molecule has 0 saturated carbocycles. The minimum atomic E-state index is -0.739. The molecule has 2 N–H and O–H groups in total. The predicted octanol–water partition coefficient (Wildman–Crippen LogP) is 4.00. The summed E-state index contributed by atoms with van der Waals surface area (Å²) >= 11 is 2.68. The highest BCUT2D eigenvalue weighted by molar-refractivity contribution is 7.99. The minimum Gasteiger partial charge on any atom is -0.384 e. The lowest BCUT2D eigenvalue weighted by atomic mass is 9.70. The van der Waals surface area contributed by atoms with Gasteiger partial charge in [-0.1, -0.05) is 69.3 Å². The molecule has 5 rings (SSSR count). The lowest BCUT2D eigenvalue weighted by Crippen LogP contribution is -2.41. The number of Topliss-reactive ketones (excluding diaryl/α,β-unsaturated/α-hetero) is 1. The molecular formula is C30H35N5O4S2. The number of fused-ring (bicyclic) bond motifs is 3. The Hall–Kier alpha value is -3.44. The Labute approximate surface area is 246 Å². The van der Waals surface area contributed by atoms with Gasteiger partial charge in [0.25, 0.3) is 11.1 Å². The lowest BCUT2D eigenvalue weighted by molar-refractivity contribution is 0.102. The van der Waals surface area contributed by atoms with Gasteiger partial charge >= 0.3 is 5.69 Å². The van der Waals surface area contributed by atoms with Gasteiger partial charge in [-0.15, -0.1) is 11.3 Å². The summed E-state index contributed by atoms with van der Waals surface area (Å²) in [6, 6.07) is 9.66. The molecule has 0 unspecified atom stereocenters. The van der Waals surface area contributed by atoms with Crippen molar-refractivity contribution >= 4 is 44.9 Å². The zero-order valence-corrected chi connectivity index (χ0v) is 25.7. The third-order valence-corrected chi connectivity index (χ3v) is 10.8. The Morgan fingerprint density at radius 2 is 1.83 bits per heavy atom. The number of nitrogens with zero attached hydrogens (tertiary/aromatic N) is 4. The van der Waals surface area contributed by atoms with Crippen molar-refractivity contribution in [1.82, 2.24) is 18.7 Å². The zero-order valence-electron chi connectivity index (χ0n) is 24.0. The van der Waals surface area contributed by atoms with E-state index in [1.54, 1.807) is 15.9 Å². The molecule has 0 bridgehead atoms. The highest BCUT2D eigenvalue weighted by atomic mass is 32.2. The summed E-state index contributed by atoms with van der Waals surface area (Å²) in [6.07, 6.45) is 3.92. The van der Waals surface area contributed by atoms with Crippen molar-refractivity contribution in [2.45, 2.75) is 58.2 Å². The molecule has 3 heterocycles. The van der Waals surface area contributed by atoms with Crippen LogP contribution in [0.25, 0.3) is 10.2 Å². The number of carbonyl (C=O) groups is 1. The molecule has 0 spiro atoms. The van der Waals surface area contributed by atoms with Crippen molar-refractivity contribution in [3.63, 3.8) is 0 Å². The van der Waals surface area contributed by atoms with Crippen molar-refractivity contribution in [2.75, 3.05) is 11.5 Å². The van der Waals surface area contributed by atoms with Crippen LogP contribution in [0.15, 0.2) is 49.9 Å². The van der Waals surface area contributed by atoms with Gasteiger partial charge in [0.2, 0.25) is 0 Å². The summed E-state index contributed by atoms with van der Waals surface area (Å²) in [6.45, 7) is 7.17. The van der Waals surface area contributed by atoms with Crippen molar-refractivity contribution in [2.24, 2.45) is 25.4 Å². The number of hydrogen-bond donors (Lipinski definition) is 1. The van der Waals surface area contributed by atoms with Gasteiger partial charge in [-0.05, 0) is 41.7 Å². The van der Waals surface area contributed by atoms with Crippen LogP contribution in [-0.4, -0.2) is 30.2 Å². The number of ketones is 1. The number of anilines is 1. The molecule has 0 radical (unpaired) electrons. The second-order valence-electron chi connectivity index (χ2n) is 11.4. The van der Waals surface area contributed by atoms with E-state index in [9.17, 15) is 19.2 Å². The number of nitrogen functional groups attached to an aromatic ring is 1. The summed E-state index contributed by atoms with van der Waals surface area (Å²) < 4.78 is 3.58. The van der Waals surface area contributed by atoms with Gasteiger partial charge in [0, 0.05) is 19.0 Å². The van der Waals surface area contributed by atoms with Gasteiger partial charge in [0.15, 0.2) is 10.9 Å². The van der Waals surface area contributed by atoms with Crippen LogP contribution in [0.5, 0.6) is 0 Å². The summed E-state index contributed by atoms with van der Waals surface area (Å²) in [4.78, 5) is 59.2. The first kappa shape index (κ1) is 29.1. The summed E-state index contributed by atoms with van der Waals surface area (Å²) in [7, 11) is 2.73. The topological polar surface area (TPSA) is 122 Å². The maximum Gasteiger partial charge on any atom is 0.332 e. The number of carbonyl (C=O) groups excluding carboxylic acids is 1. The number of rotatable bonds is 8. The fraction of sp³-hybridized carbons (Fsp3) is 0.433. The molecule has 0 saturated heterocycles. The molecule has 9 nitrogen and oxygen atoms in total. The molecule has 0 amide bonds. The summed E-state index contributed by atoms with van der Waals surface area (Å²) in [5, 5.41) is 1.09. The second-order valence-corrected chi connectivity index (χ2v) is 13.4. The maximum absolute atomic E-state index is 14.1. The Kier molecular flexibility index (Phi) is 7.86. The van der Waals surface area contributed by atoms with Crippen molar-refractivity contribution in [3.8, 4) is 0 Å². The molecule has 1 aromatic carbocycles.